The van der Waals surface area contributed by atoms with E-state index in [0.717, 1.165) is 21.6 Å². The Morgan fingerprint density at radius 1 is 1.19 bits per heavy atom. The first kappa shape index (κ1) is 19.7. The lowest BCUT2D eigenvalue weighted by molar-refractivity contribution is 0.386. The molecular formula is C20H23NO4S2. The molecule has 7 heteroatoms. The van der Waals surface area contributed by atoms with Gasteiger partial charge in [0.2, 0.25) is 10.0 Å². The van der Waals surface area contributed by atoms with Crippen LogP contribution >= 0.6 is 11.3 Å². The smallest absolute Gasteiger partial charge is 0.247 e. The third-order valence-corrected chi connectivity index (χ3v) is 7.33. The number of sulfonamides is 1. The van der Waals surface area contributed by atoms with Crippen LogP contribution in [-0.4, -0.2) is 26.4 Å². The first-order valence-corrected chi connectivity index (χ1v) is 10.9. The van der Waals surface area contributed by atoms with Crippen LogP contribution in [0, 0.1) is 13.8 Å². The predicted molar refractivity (Wildman–Crippen MR) is 107 cm³/mol. The van der Waals surface area contributed by atoms with Crippen LogP contribution in [0.4, 0.5) is 0 Å². The van der Waals surface area contributed by atoms with Crippen LogP contribution in [0.5, 0.6) is 5.75 Å². The van der Waals surface area contributed by atoms with Crippen molar-refractivity contribution in [2.45, 2.75) is 31.7 Å². The van der Waals surface area contributed by atoms with Crippen LogP contribution in [0.2, 0.25) is 0 Å². The van der Waals surface area contributed by atoms with E-state index in [0.29, 0.717) is 18.7 Å². The number of ether oxygens (including phenoxy) is 1. The Labute approximate surface area is 164 Å². The highest BCUT2D eigenvalue weighted by Gasteiger charge is 2.28. The Bertz CT molecular complexity index is 977. The monoisotopic (exact) mass is 405 g/mol. The van der Waals surface area contributed by atoms with E-state index in [-0.39, 0.29) is 11.4 Å². The van der Waals surface area contributed by atoms with Gasteiger partial charge in [0.05, 0.1) is 19.6 Å². The van der Waals surface area contributed by atoms with Crippen LogP contribution in [-0.2, 0) is 23.0 Å². The summed E-state index contributed by atoms with van der Waals surface area (Å²) >= 11 is 1.63. The molecule has 0 amide bonds. The van der Waals surface area contributed by atoms with E-state index < -0.39 is 10.0 Å². The largest absolute Gasteiger partial charge is 0.495 e. The highest BCUT2D eigenvalue weighted by Crippen LogP contribution is 2.31. The Kier molecular flexibility index (Phi) is 6.04. The number of nitrogens with zero attached hydrogens (tertiary/aromatic N) is 1. The summed E-state index contributed by atoms with van der Waals surface area (Å²) in [6, 6.07) is 9.24. The summed E-state index contributed by atoms with van der Waals surface area (Å²) in [6.07, 6.45) is 3.78. The molecule has 1 aromatic carbocycles. The van der Waals surface area contributed by atoms with Crippen molar-refractivity contribution in [1.29, 1.82) is 0 Å². The van der Waals surface area contributed by atoms with Crippen LogP contribution in [0.25, 0.3) is 0 Å². The molecule has 0 saturated carbocycles. The molecule has 0 aliphatic carbocycles. The van der Waals surface area contributed by atoms with Gasteiger partial charge in [-0.25, -0.2) is 8.42 Å². The van der Waals surface area contributed by atoms with Gasteiger partial charge in [0, 0.05) is 23.5 Å². The van der Waals surface area contributed by atoms with Crippen LogP contribution in [0.1, 0.15) is 21.6 Å². The lowest BCUT2D eigenvalue weighted by Crippen LogP contribution is -2.32. The van der Waals surface area contributed by atoms with Gasteiger partial charge < -0.3 is 9.15 Å². The molecule has 2 aromatic heterocycles. The maximum atomic E-state index is 13.5. The first-order valence-electron chi connectivity index (χ1n) is 8.60. The number of thiophene rings is 1. The van der Waals surface area contributed by atoms with E-state index >= 15 is 0 Å². The minimum absolute atomic E-state index is 0.197. The van der Waals surface area contributed by atoms with E-state index in [9.17, 15) is 8.42 Å². The fourth-order valence-corrected chi connectivity index (χ4v) is 5.17. The Hall–Kier alpha value is -2.09. The Balaban J connectivity index is 1.97. The van der Waals surface area contributed by atoms with E-state index in [1.54, 1.807) is 42.1 Å². The van der Waals surface area contributed by atoms with Gasteiger partial charge in [-0.3, -0.25) is 0 Å². The van der Waals surface area contributed by atoms with Crippen LogP contribution in [0.15, 0.2) is 57.6 Å². The van der Waals surface area contributed by atoms with Crippen molar-refractivity contribution < 1.29 is 17.6 Å². The van der Waals surface area contributed by atoms with E-state index in [1.165, 1.54) is 11.4 Å². The second-order valence-corrected chi connectivity index (χ2v) is 9.33. The fraction of sp³-hybridized carbons (Fsp3) is 0.300. The summed E-state index contributed by atoms with van der Waals surface area (Å²) in [5.41, 5.74) is 2.72. The third-order valence-electron chi connectivity index (χ3n) is 4.52. The van der Waals surface area contributed by atoms with E-state index in [1.807, 2.05) is 31.4 Å². The minimum atomic E-state index is -3.74. The highest BCUT2D eigenvalue weighted by molar-refractivity contribution is 7.89. The van der Waals surface area contributed by atoms with Gasteiger partial charge in [0.15, 0.2) is 0 Å². The molecule has 0 radical (unpaired) electrons. The quantitative estimate of drug-likeness (QED) is 0.557. The molecule has 0 spiro atoms. The molecule has 0 aliphatic rings. The molecule has 3 aromatic rings. The molecule has 144 valence electrons. The van der Waals surface area contributed by atoms with Crippen LogP contribution < -0.4 is 4.74 Å². The van der Waals surface area contributed by atoms with Gasteiger partial charge in [-0.1, -0.05) is 6.07 Å². The molecular weight excluding hydrogens is 382 g/mol. The molecule has 0 atom stereocenters. The number of rotatable bonds is 8. The zero-order valence-electron chi connectivity index (χ0n) is 15.6. The van der Waals surface area contributed by atoms with Crippen molar-refractivity contribution in [2.24, 2.45) is 0 Å². The summed E-state index contributed by atoms with van der Waals surface area (Å²) in [4.78, 5) is 1.34. The van der Waals surface area contributed by atoms with Crippen LogP contribution in [0.3, 0.4) is 0 Å². The molecule has 5 nitrogen and oxygen atoms in total. The topological polar surface area (TPSA) is 59.8 Å². The van der Waals surface area contributed by atoms with Crippen molar-refractivity contribution in [3.05, 3.63) is 69.8 Å². The minimum Gasteiger partial charge on any atom is -0.495 e. The Morgan fingerprint density at radius 3 is 2.59 bits per heavy atom. The normalized spacial score (nSPS) is 11.9. The summed E-state index contributed by atoms with van der Waals surface area (Å²) in [5, 5.41) is 2.00. The average molecular weight is 406 g/mol. The van der Waals surface area contributed by atoms with Gasteiger partial charge in [0.25, 0.3) is 0 Å². The van der Waals surface area contributed by atoms with E-state index in [2.05, 4.69) is 0 Å². The maximum absolute atomic E-state index is 13.5. The zero-order chi connectivity index (χ0) is 19.4. The second kappa shape index (κ2) is 8.29. The summed E-state index contributed by atoms with van der Waals surface area (Å²) in [7, 11) is -2.25. The SMILES string of the molecule is COc1cc(C)c(C)cc1S(=O)(=O)N(CCc1cccs1)Cc1ccoc1. The molecule has 0 aliphatic heterocycles. The van der Waals surface area contributed by atoms with Gasteiger partial charge in [0.1, 0.15) is 10.6 Å². The van der Waals surface area contributed by atoms with Crippen molar-refractivity contribution in [3.63, 3.8) is 0 Å². The molecule has 3 rings (SSSR count). The molecule has 0 bridgehead atoms. The molecule has 0 N–H and O–H groups in total. The lowest BCUT2D eigenvalue weighted by Gasteiger charge is -2.23. The number of aryl methyl sites for hydroxylation is 2. The summed E-state index contributed by atoms with van der Waals surface area (Å²) in [6.45, 7) is 4.47. The third kappa shape index (κ3) is 4.43. The Morgan fingerprint density at radius 2 is 1.96 bits per heavy atom. The standard InChI is InChI=1S/C20H23NO4S2/c1-15-11-19(24-3)20(12-16(15)2)27(22,23)21(13-17-7-9-25-14-17)8-6-18-5-4-10-26-18/h4-5,7,9-12,14H,6,8,13H2,1-3H3. The van der Waals surface area contributed by atoms with Crippen molar-refractivity contribution in [2.75, 3.05) is 13.7 Å². The van der Waals surface area contributed by atoms with Crippen molar-refractivity contribution in [3.8, 4) is 5.75 Å². The second-order valence-electron chi connectivity index (χ2n) is 6.39. The molecule has 0 unspecified atom stereocenters. The number of furan rings is 1. The summed E-state index contributed by atoms with van der Waals surface area (Å²) in [5.74, 6) is 0.367. The molecule has 0 fully saturated rings. The number of hydrogen-bond donors (Lipinski definition) is 0. The zero-order valence-corrected chi connectivity index (χ0v) is 17.3. The van der Waals surface area contributed by atoms with Crippen molar-refractivity contribution in [1.82, 2.24) is 4.31 Å². The molecule has 2 heterocycles. The molecule has 27 heavy (non-hydrogen) atoms. The number of hydrogen-bond acceptors (Lipinski definition) is 5. The fourth-order valence-electron chi connectivity index (χ4n) is 2.82. The van der Waals surface area contributed by atoms with Gasteiger partial charge in [-0.2, -0.15) is 4.31 Å². The summed E-state index contributed by atoms with van der Waals surface area (Å²) < 4.78 is 39.0. The first-order chi connectivity index (χ1) is 12.9. The van der Waals surface area contributed by atoms with Gasteiger partial charge >= 0.3 is 0 Å². The number of methoxy groups -OCH3 is 1. The van der Waals surface area contributed by atoms with Gasteiger partial charge in [-0.05, 0) is 61.0 Å². The van der Waals surface area contributed by atoms with Gasteiger partial charge in [-0.15, -0.1) is 11.3 Å². The highest BCUT2D eigenvalue weighted by atomic mass is 32.2. The predicted octanol–water partition coefficient (Wildman–Crippen LogP) is 4.40. The molecule has 0 saturated heterocycles. The van der Waals surface area contributed by atoms with E-state index in [4.69, 9.17) is 9.15 Å². The number of benzene rings is 1. The van der Waals surface area contributed by atoms with Crippen molar-refractivity contribution >= 4 is 21.4 Å². The maximum Gasteiger partial charge on any atom is 0.247 e. The average Bonchev–Trinajstić information content (AvgIpc) is 3.34. The lowest BCUT2D eigenvalue weighted by atomic mass is 10.1.